The highest BCUT2D eigenvalue weighted by Gasteiger charge is 2.42. The fraction of sp³-hybridized carbons (Fsp3) is 0.864. The summed E-state index contributed by atoms with van der Waals surface area (Å²) < 4.78 is 0. The summed E-state index contributed by atoms with van der Waals surface area (Å²) in [6.07, 6.45) is 4.58. The number of rotatable bonds is 9. The maximum Gasteiger partial charge on any atom is 0.324 e. The Morgan fingerprint density at radius 3 is 2.55 bits per heavy atom. The summed E-state index contributed by atoms with van der Waals surface area (Å²) in [6, 6.07) is 0.115. The van der Waals surface area contributed by atoms with Gasteiger partial charge in [-0.05, 0) is 45.3 Å². The van der Waals surface area contributed by atoms with E-state index in [1.807, 2.05) is 7.05 Å². The van der Waals surface area contributed by atoms with Crippen molar-refractivity contribution >= 4 is 17.7 Å². The van der Waals surface area contributed by atoms with Gasteiger partial charge in [-0.25, -0.2) is 4.79 Å². The van der Waals surface area contributed by atoms with Crippen LogP contribution in [0, 0.1) is 11.8 Å². The quantitative estimate of drug-likeness (QED) is 0.634. The molecule has 0 aromatic rings. The van der Waals surface area contributed by atoms with Crippen LogP contribution in [0.2, 0.25) is 0 Å². The van der Waals surface area contributed by atoms with Gasteiger partial charge < -0.3 is 15.1 Å². The number of fused-ring (bicyclic) bond motifs is 1. The monoisotopic (exact) mass is 408 g/mol. The number of piperidine rings is 1. The predicted molar refractivity (Wildman–Crippen MR) is 115 cm³/mol. The van der Waals surface area contributed by atoms with Crippen molar-refractivity contribution in [3.8, 4) is 0 Å². The van der Waals surface area contributed by atoms with Crippen molar-refractivity contribution in [3.63, 3.8) is 0 Å². The van der Waals surface area contributed by atoms with E-state index in [-0.39, 0.29) is 23.8 Å². The lowest BCUT2D eigenvalue weighted by Gasteiger charge is -2.45. The van der Waals surface area contributed by atoms with Gasteiger partial charge in [-0.1, -0.05) is 27.2 Å². The fourth-order valence-electron chi connectivity index (χ4n) is 4.80. The summed E-state index contributed by atoms with van der Waals surface area (Å²) in [5.74, 6) is 0.257. The van der Waals surface area contributed by atoms with E-state index in [1.54, 1.807) is 0 Å². The minimum Gasteiger partial charge on any atom is -0.336 e. The van der Waals surface area contributed by atoms with Crippen molar-refractivity contribution in [3.05, 3.63) is 0 Å². The second-order valence-corrected chi connectivity index (χ2v) is 8.58. The normalized spacial score (nSPS) is 25.0. The molecule has 0 radical (unpaired) electrons. The Kier molecular flexibility index (Phi) is 9.56. The number of nitrogens with zero attached hydrogens (tertiary/aromatic N) is 3. The van der Waals surface area contributed by atoms with E-state index in [0.29, 0.717) is 44.3 Å². The van der Waals surface area contributed by atoms with Gasteiger partial charge in [-0.2, -0.15) is 0 Å². The van der Waals surface area contributed by atoms with Gasteiger partial charge in [-0.15, -0.1) is 0 Å². The van der Waals surface area contributed by atoms with Crippen molar-refractivity contribution in [1.29, 1.82) is 0 Å². The summed E-state index contributed by atoms with van der Waals surface area (Å²) in [5, 5.41) is 2.94. The molecule has 0 aromatic carbocycles. The molecule has 1 saturated carbocycles. The third kappa shape index (κ3) is 6.51. The molecular weight excluding hydrogens is 368 g/mol. The van der Waals surface area contributed by atoms with E-state index in [9.17, 15) is 14.4 Å². The van der Waals surface area contributed by atoms with Crippen LogP contribution in [-0.2, 0) is 9.59 Å². The van der Waals surface area contributed by atoms with Crippen LogP contribution in [-0.4, -0.2) is 84.8 Å². The van der Waals surface area contributed by atoms with Crippen molar-refractivity contribution in [2.45, 2.75) is 65.3 Å². The SMILES string of the molecule is CCCCN(C(=O)NCCN(CC)CC)C(=O)[C@@H]1C[C@@H]2CC(=O)CC[C@H]2N(C)C1. The summed E-state index contributed by atoms with van der Waals surface area (Å²) in [4.78, 5) is 43.9. The zero-order chi connectivity index (χ0) is 21.4. The van der Waals surface area contributed by atoms with E-state index in [4.69, 9.17) is 0 Å². The minimum atomic E-state index is -0.278. The third-order valence-electron chi connectivity index (χ3n) is 6.61. The van der Waals surface area contributed by atoms with Gasteiger partial charge in [0.2, 0.25) is 5.91 Å². The van der Waals surface area contributed by atoms with Crippen LogP contribution in [0.5, 0.6) is 0 Å². The number of Topliss-reactive ketones (excluding diaryl/α,β-unsaturated/α-hetero) is 1. The van der Waals surface area contributed by atoms with Crippen molar-refractivity contribution in [1.82, 2.24) is 20.0 Å². The number of ketones is 1. The van der Waals surface area contributed by atoms with Crippen LogP contribution in [0.3, 0.4) is 0 Å². The molecule has 2 aliphatic rings. The Morgan fingerprint density at radius 1 is 1.17 bits per heavy atom. The second-order valence-electron chi connectivity index (χ2n) is 8.58. The summed E-state index contributed by atoms with van der Waals surface area (Å²) in [7, 11) is 2.05. The number of hydrogen-bond donors (Lipinski definition) is 1. The topological polar surface area (TPSA) is 73.0 Å². The smallest absolute Gasteiger partial charge is 0.324 e. The first-order valence-electron chi connectivity index (χ1n) is 11.4. The number of likely N-dealkylation sites (N-methyl/N-ethyl adjacent to an activating group) is 1. The highest BCUT2D eigenvalue weighted by atomic mass is 16.2. The van der Waals surface area contributed by atoms with Gasteiger partial charge >= 0.3 is 6.03 Å². The third-order valence-corrected chi connectivity index (χ3v) is 6.61. The van der Waals surface area contributed by atoms with Crippen molar-refractivity contribution in [2.75, 3.05) is 46.3 Å². The van der Waals surface area contributed by atoms with Gasteiger partial charge in [0.15, 0.2) is 0 Å². The van der Waals surface area contributed by atoms with E-state index in [1.165, 1.54) is 4.90 Å². The van der Waals surface area contributed by atoms with Crippen molar-refractivity contribution in [2.24, 2.45) is 11.8 Å². The molecule has 29 heavy (non-hydrogen) atoms. The first-order valence-corrected chi connectivity index (χ1v) is 11.4. The molecule has 0 spiro atoms. The first-order chi connectivity index (χ1) is 13.9. The Bertz CT molecular complexity index is 564. The molecule has 0 aromatic heterocycles. The number of hydrogen-bond acceptors (Lipinski definition) is 5. The first kappa shape index (κ1) is 23.8. The minimum absolute atomic E-state index is 0.0814. The van der Waals surface area contributed by atoms with Crippen LogP contribution in [0.1, 0.15) is 59.3 Å². The molecule has 1 saturated heterocycles. The van der Waals surface area contributed by atoms with E-state index in [0.717, 1.165) is 45.3 Å². The van der Waals surface area contributed by atoms with Gasteiger partial charge in [0.25, 0.3) is 0 Å². The van der Waals surface area contributed by atoms with Crippen LogP contribution < -0.4 is 5.32 Å². The molecule has 7 heteroatoms. The number of urea groups is 1. The van der Waals surface area contributed by atoms with Crippen molar-refractivity contribution < 1.29 is 14.4 Å². The molecule has 1 aliphatic carbocycles. The highest BCUT2D eigenvalue weighted by molar-refractivity contribution is 5.95. The summed E-state index contributed by atoms with van der Waals surface area (Å²) in [5.41, 5.74) is 0. The van der Waals surface area contributed by atoms with Gasteiger partial charge in [0, 0.05) is 45.1 Å². The van der Waals surface area contributed by atoms with Gasteiger partial charge in [0.05, 0.1) is 5.92 Å². The Balaban J connectivity index is 1.99. The lowest BCUT2D eigenvalue weighted by Crippen LogP contribution is -2.55. The molecule has 1 aliphatic heterocycles. The van der Waals surface area contributed by atoms with Gasteiger partial charge in [0.1, 0.15) is 5.78 Å². The zero-order valence-corrected chi connectivity index (χ0v) is 18.8. The number of nitrogens with one attached hydrogen (secondary N) is 1. The molecule has 0 bridgehead atoms. The average molecular weight is 409 g/mol. The van der Waals surface area contributed by atoms with Crippen LogP contribution >= 0.6 is 0 Å². The standard InChI is InChI=1S/C22H40N4O3/c1-5-8-12-26(22(29)23-11-13-25(6-2)7-3)21(28)18-14-17-15-19(27)9-10-20(17)24(4)16-18/h17-18,20H,5-16H2,1-4H3,(H,23,29)/t17-,18-,20-/m1/s1. The van der Waals surface area contributed by atoms with Crippen LogP contribution in [0.15, 0.2) is 0 Å². The molecular formula is C22H40N4O3. The molecule has 7 nitrogen and oxygen atoms in total. The highest BCUT2D eigenvalue weighted by Crippen LogP contribution is 2.36. The van der Waals surface area contributed by atoms with E-state index < -0.39 is 0 Å². The molecule has 0 unspecified atom stereocenters. The lowest BCUT2D eigenvalue weighted by molar-refractivity contribution is -0.138. The lowest BCUT2D eigenvalue weighted by atomic mass is 9.74. The Hall–Kier alpha value is -1.47. The van der Waals surface area contributed by atoms with Crippen LogP contribution in [0.25, 0.3) is 0 Å². The molecule has 2 rings (SSSR count). The average Bonchev–Trinajstić information content (AvgIpc) is 2.70. The van der Waals surface area contributed by atoms with Gasteiger partial charge in [-0.3, -0.25) is 14.5 Å². The number of likely N-dealkylation sites (tertiary alicyclic amines) is 1. The number of unbranched alkanes of at least 4 members (excludes halogenated alkanes) is 1. The summed E-state index contributed by atoms with van der Waals surface area (Å²) in [6.45, 7) is 10.6. The Labute approximate surface area is 176 Å². The molecule has 1 heterocycles. The fourth-order valence-corrected chi connectivity index (χ4v) is 4.80. The molecule has 3 amide bonds. The maximum absolute atomic E-state index is 13.3. The maximum atomic E-state index is 13.3. The van der Waals surface area contributed by atoms with E-state index in [2.05, 4.69) is 35.9 Å². The Morgan fingerprint density at radius 2 is 1.90 bits per heavy atom. The van der Waals surface area contributed by atoms with Crippen LogP contribution in [0.4, 0.5) is 4.79 Å². The largest absolute Gasteiger partial charge is 0.336 e. The number of carbonyl (C=O) groups excluding carboxylic acids is 3. The van der Waals surface area contributed by atoms with E-state index >= 15 is 0 Å². The summed E-state index contributed by atoms with van der Waals surface area (Å²) >= 11 is 0. The zero-order valence-electron chi connectivity index (χ0n) is 18.8. The number of imide groups is 1. The molecule has 3 atom stereocenters. The molecule has 166 valence electrons. The number of carbonyl (C=O) groups is 3. The molecule has 1 N–H and O–H groups in total. The predicted octanol–water partition coefficient (Wildman–Crippen LogP) is 2.36. The second kappa shape index (κ2) is 11.6. The molecule has 2 fully saturated rings. The number of amides is 3.